The molecule has 1 unspecified atom stereocenters. The number of piperidine rings is 3. The van der Waals surface area contributed by atoms with Crippen LogP contribution in [0.3, 0.4) is 0 Å². The van der Waals surface area contributed by atoms with Gasteiger partial charge in [0.1, 0.15) is 29.5 Å². The van der Waals surface area contributed by atoms with Crippen molar-refractivity contribution in [1.29, 1.82) is 0 Å². The van der Waals surface area contributed by atoms with Gasteiger partial charge in [0.25, 0.3) is 11.8 Å². The van der Waals surface area contributed by atoms with E-state index in [9.17, 15) is 23.7 Å². The molecule has 4 saturated heterocycles. The van der Waals surface area contributed by atoms with Gasteiger partial charge in [-0.15, -0.1) is 0 Å². The molecule has 6 aliphatic rings. The molecule has 4 amide bonds. The van der Waals surface area contributed by atoms with E-state index in [2.05, 4.69) is 62.6 Å². The molecule has 2 aromatic heterocycles. The summed E-state index contributed by atoms with van der Waals surface area (Å²) in [4.78, 5) is 80.3. The van der Waals surface area contributed by atoms with Crippen LogP contribution in [-0.4, -0.2) is 150 Å². The number of aromatic nitrogens is 4. The van der Waals surface area contributed by atoms with Crippen molar-refractivity contribution in [2.24, 2.45) is 5.92 Å². The maximum absolute atomic E-state index is 13.6. The highest BCUT2D eigenvalue weighted by molar-refractivity contribution is 7.71. The van der Waals surface area contributed by atoms with Crippen LogP contribution in [0.5, 0.6) is 5.75 Å². The van der Waals surface area contributed by atoms with Crippen LogP contribution in [-0.2, 0) is 14.2 Å². The average molecular weight is 1020 g/mol. The van der Waals surface area contributed by atoms with Crippen molar-refractivity contribution in [3.05, 3.63) is 82.8 Å². The minimum atomic E-state index is -2.81. The number of rotatable bonds is 13. The number of hydrogen-bond donors (Lipinski definition) is 3. The van der Waals surface area contributed by atoms with E-state index < -0.39 is 30.9 Å². The Kier molecular flexibility index (Phi) is 13.1. The molecule has 1 saturated carbocycles. The second kappa shape index (κ2) is 19.7. The number of nitrogens with one attached hydrogen (secondary N) is 3. The zero-order valence-electron chi connectivity index (χ0n) is 40.9. The fourth-order valence-corrected chi connectivity index (χ4v) is 13.0. The number of fused-ring (bicyclic) bond motifs is 2. The third-order valence-corrected chi connectivity index (χ3v) is 17.2. The highest BCUT2D eigenvalue weighted by atomic mass is 35.5. The molecule has 1 aliphatic carbocycles. The highest BCUT2D eigenvalue weighted by Crippen LogP contribution is 2.49. The van der Waals surface area contributed by atoms with Crippen LogP contribution in [0, 0.1) is 5.92 Å². The Bertz CT molecular complexity index is 3020. The number of carbonyl (C=O) groups excluding carboxylic acids is 4. The SMILES string of the molecule is COc1cc(N2CCC(N3CCN(CC4CCN(c5ccc6c(c5)C(=O)N(C5CCC(=O)NC5=O)C6=O)CC4)CC3)CC2)c(C2CC2)cc1Nc1ncc(Cl)c(Nc2ccc3nccnc3c2P(C)(C)=O)n1. The summed E-state index contributed by atoms with van der Waals surface area (Å²) < 4.78 is 19.6. The molecule has 20 heteroatoms. The zero-order valence-corrected chi connectivity index (χ0v) is 42.6. The fourth-order valence-electron chi connectivity index (χ4n) is 11.5. The number of methoxy groups -OCH3 is 1. The van der Waals surface area contributed by atoms with Crippen molar-refractivity contribution in [2.75, 3.05) is 99.8 Å². The Morgan fingerprint density at radius 2 is 1.51 bits per heavy atom. The van der Waals surface area contributed by atoms with Gasteiger partial charge in [0.2, 0.25) is 17.8 Å². The van der Waals surface area contributed by atoms with E-state index in [0.29, 0.717) is 73.6 Å². The van der Waals surface area contributed by atoms with E-state index in [-0.39, 0.29) is 18.7 Å². The Labute approximate surface area is 423 Å². The molecule has 3 N–H and O–H groups in total. The Hall–Kier alpha value is -6.20. The summed E-state index contributed by atoms with van der Waals surface area (Å²) in [6.07, 6.45) is 11.6. The summed E-state index contributed by atoms with van der Waals surface area (Å²) in [5.41, 5.74) is 6.70. The Morgan fingerprint density at radius 1 is 0.778 bits per heavy atom. The van der Waals surface area contributed by atoms with Gasteiger partial charge in [-0.05, 0) is 112 Å². The highest BCUT2D eigenvalue weighted by Gasteiger charge is 2.45. The van der Waals surface area contributed by atoms with Crippen molar-refractivity contribution in [3.63, 3.8) is 0 Å². The van der Waals surface area contributed by atoms with E-state index in [1.807, 2.05) is 18.2 Å². The van der Waals surface area contributed by atoms with E-state index >= 15 is 0 Å². The van der Waals surface area contributed by atoms with Crippen LogP contribution < -0.4 is 35.8 Å². The lowest BCUT2D eigenvalue weighted by atomic mass is 9.95. The number of amides is 4. The first-order chi connectivity index (χ1) is 34.8. The van der Waals surface area contributed by atoms with Gasteiger partial charge in [0, 0.05) is 101 Å². The first-order valence-corrected chi connectivity index (χ1v) is 28.2. The third-order valence-electron chi connectivity index (χ3n) is 15.4. The maximum Gasteiger partial charge on any atom is 0.262 e. The van der Waals surface area contributed by atoms with Gasteiger partial charge in [-0.2, -0.15) is 4.98 Å². The molecule has 18 nitrogen and oxygen atoms in total. The summed E-state index contributed by atoms with van der Waals surface area (Å²) in [5.74, 6) is 0.560. The average Bonchev–Trinajstić information content (AvgIpc) is 4.20. The number of carbonyl (C=O) groups is 4. The second-order valence-electron chi connectivity index (χ2n) is 20.4. The van der Waals surface area contributed by atoms with Crippen molar-refractivity contribution in [3.8, 4) is 5.75 Å². The predicted octanol–water partition coefficient (Wildman–Crippen LogP) is 6.60. The summed E-state index contributed by atoms with van der Waals surface area (Å²) in [6, 6.07) is 13.0. The Morgan fingerprint density at radius 3 is 2.24 bits per heavy atom. The largest absolute Gasteiger partial charge is 0.494 e. The maximum atomic E-state index is 13.6. The second-order valence-corrected chi connectivity index (χ2v) is 24.0. The first kappa shape index (κ1) is 48.1. The molecule has 5 aromatic rings. The third kappa shape index (κ3) is 9.61. The number of imide groups is 2. The van der Waals surface area contributed by atoms with Crippen LogP contribution in [0.4, 0.5) is 34.5 Å². The molecular formula is C52H60ClN12O6P. The Balaban J connectivity index is 0.674. The fraction of sp³-hybridized carbons (Fsp3) is 0.462. The lowest BCUT2D eigenvalue weighted by Gasteiger charge is -2.44. The van der Waals surface area contributed by atoms with Gasteiger partial charge in [-0.25, -0.2) is 4.98 Å². The topological polar surface area (TPSA) is 198 Å². The number of piperazine rings is 1. The van der Waals surface area contributed by atoms with Crippen LogP contribution in [0.1, 0.15) is 83.6 Å². The van der Waals surface area contributed by atoms with Crippen LogP contribution in [0.15, 0.2) is 61.1 Å². The van der Waals surface area contributed by atoms with Gasteiger partial charge in [-0.1, -0.05) is 11.6 Å². The molecule has 11 rings (SSSR count). The molecule has 5 aliphatic heterocycles. The number of nitrogens with zero attached hydrogens (tertiary/aromatic N) is 9. The number of anilines is 6. The number of ether oxygens (including phenoxy) is 1. The van der Waals surface area contributed by atoms with E-state index in [1.165, 1.54) is 11.3 Å². The van der Waals surface area contributed by atoms with Crippen molar-refractivity contribution < 1.29 is 28.5 Å². The van der Waals surface area contributed by atoms with Crippen LogP contribution in [0.2, 0.25) is 5.02 Å². The molecule has 1 atom stereocenters. The monoisotopic (exact) mass is 1010 g/mol. The number of hydrogen-bond acceptors (Lipinski definition) is 16. The minimum absolute atomic E-state index is 0.0972. The molecular weight excluding hydrogens is 955 g/mol. The number of halogens is 1. The molecule has 0 bridgehead atoms. The predicted molar refractivity (Wildman–Crippen MR) is 279 cm³/mol. The molecule has 376 valence electrons. The molecule has 72 heavy (non-hydrogen) atoms. The van der Waals surface area contributed by atoms with Gasteiger partial charge in [0.15, 0.2) is 5.82 Å². The lowest BCUT2D eigenvalue weighted by Crippen LogP contribution is -2.54. The van der Waals surface area contributed by atoms with Gasteiger partial charge in [-0.3, -0.25) is 44.3 Å². The van der Waals surface area contributed by atoms with Crippen molar-refractivity contribution in [1.82, 2.24) is 40.0 Å². The van der Waals surface area contributed by atoms with E-state index in [4.69, 9.17) is 21.3 Å². The molecule has 0 radical (unpaired) electrons. The summed E-state index contributed by atoms with van der Waals surface area (Å²) in [5, 5.41) is 9.90. The molecule has 3 aromatic carbocycles. The quantitative estimate of drug-likeness (QED) is 0.0842. The van der Waals surface area contributed by atoms with Crippen LogP contribution in [0.25, 0.3) is 11.0 Å². The minimum Gasteiger partial charge on any atom is -0.494 e. The van der Waals surface area contributed by atoms with Crippen LogP contribution >= 0.6 is 18.7 Å². The van der Waals surface area contributed by atoms with Crippen molar-refractivity contribution >= 4 is 93.2 Å². The molecule has 7 heterocycles. The van der Waals surface area contributed by atoms with Gasteiger partial charge < -0.3 is 34.6 Å². The zero-order chi connectivity index (χ0) is 49.8. The lowest BCUT2D eigenvalue weighted by molar-refractivity contribution is -0.136. The standard InChI is InChI=1S/C52H60ClN12O6P/c1-71-44-28-43(36(32-4-5-32)27-41(44)58-52-56-29-38(53)48(60-52)57-40-9-8-39-46(55-17-16-54-39)47(40)72(2,3)70)64-20-14-33(15-21-64)63-24-22-61(23-25-63)30-31-12-18-62(19-13-31)34-6-7-35-37(26-34)51(69)65(50(35)68)42-10-11-45(66)59-49(42)67/h6-9,16-17,26-29,31-33,42H,4-5,10-15,18-25,30H2,1-3H3,(H,59,66,67)(H2,56,57,58,60). The summed E-state index contributed by atoms with van der Waals surface area (Å²) in [7, 11) is -1.12. The summed E-state index contributed by atoms with van der Waals surface area (Å²) in [6.45, 7) is 12.5. The normalized spacial score (nSPS) is 20.8. The van der Waals surface area contributed by atoms with Crippen molar-refractivity contribution in [2.45, 2.75) is 69.4 Å². The van der Waals surface area contributed by atoms with E-state index in [1.54, 1.807) is 51.2 Å². The first-order valence-electron chi connectivity index (χ1n) is 25.2. The molecule has 5 fully saturated rings. The smallest absolute Gasteiger partial charge is 0.262 e. The molecule has 0 spiro atoms. The number of benzene rings is 3. The van der Waals surface area contributed by atoms with Gasteiger partial charge in [0.05, 0.1) is 46.6 Å². The van der Waals surface area contributed by atoms with Gasteiger partial charge >= 0.3 is 0 Å². The van der Waals surface area contributed by atoms with E-state index in [0.717, 1.165) is 114 Å². The summed E-state index contributed by atoms with van der Waals surface area (Å²) >= 11 is 6.66.